The topological polar surface area (TPSA) is 62.2 Å². The molecule has 1 amide bonds. The van der Waals surface area contributed by atoms with E-state index < -0.39 is 0 Å². The number of nitrogens with zero attached hydrogens (tertiary/aromatic N) is 3. The third kappa shape index (κ3) is 6.56. The average molecular weight is 386 g/mol. The number of hydrogen-bond donors (Lipinski definition) is 2. The molecule has 1 saturated heterocycles. The third-order valence-electron chi connectivity index (χ3n) is 5.06. The van der Waals surface area contributed by atoms with Gasteiger partial charge in [-0.3, -0.25) is 14.4 Å². The molecule has 2 rings (SSSR count). The Balaban J connectivity index is 0.00000338. The van der Waals surface area contributed by atoms with Crippen LogP contribution in [0.4, 0.5) is 0 Å². The second-order valence-corrected chi connectivity index (χ2v) is 7.40. The van der Waals surface area contributed by atoms with Gasteiger partial charge in [0.25, 0.3) is 5.91 Å². The lowest BCUT2D eigenvalue weighted by Gasteiger charge is -2.31. The number of carbonyl (C=O) groups is 1. The maximum Gasteiger partial charge on any atom is 0.271 e. The fourth-order valence-electron chi connectivity index (χ4n) is 3.67. The molecular formula is C19H36ClN5O. The minimum absolute atomic E-state index is 0. The van der Waals surface area contributed by atoms with Gasteiger partial charge in [0.15, 0.2) is 0 Å². The maximum absolute atomic E-state index is 12.5. The molecule has 2 unspecified atom stereocenters. The highest BCUT2D eigenvalue weighted by molar-refractivity contribution is 5.92. The number of aromatic nitrogens is 2. The Morgan fingerprint density at radius 3 is 2.73 bits per heavy atom. The van der Waals surface area contributed by atoms with Gasteiger partial charge in [-0.2, -0.15) is 5.10 Å². The fourth-order valence-corrected chi connectivity index (χ4v) is 3.67. The van der Waals surface area contributed by atoms with Crippen molar-refractivity contribution in [2.75, 3.05) is 32.7 Å². The van der Waals surface area contributed by atoms with Gasteiger partial charge in [-0.1, -0.05) is 27.7 Å². The predicted molar refractivity (Wildman–Crippen MR) is 109 cm³/mol. The lowest BCUT2D eigenvalue weighted by molar-refractivity contribution is 0.0922. The third-order valence-corrected chi connectivity index (χ3v) is 5.06. The normalized spacial score (nSPS) is 18.6. The lowest BCUT2D eigenvalue weighted by atomic mass is 10.0. The van der Waals surface area contributed by atoms with Gasteiger partial charge < -0.3 is 10.6 Å². The molecule has 0 saturated carbocycles. The second kappa shape index (κ2) is 11.6. The molecule has 0 radical (unpaired) electrons. The molecule has 1 aromatic heterocycles. The lowest BCUT2D eigenvalue weighted by Crippen LogP contribution is -2.44. The summed E-state index contributed by atoms with van der Waals surface area (Å²) in [5.74, 6) is 0.545. The summed E-state index contributed by atoms with van der Waals surface area (Å²) >= 11 is 0. The highest BCUT2D eigenvalue weighted by Gasteiger charge is 2.20. The van der Waals surface area contributed by atoms with Crippen LogP contribution >= 0.6 is 12.4 Å². The quantitative estimate of drug-likeness (QED) is 0.686. The Morgan fingerprint density at radius 1 is 1.42 bits per heavy atom. The Morgan fingerprint density at radius 2 is 2.15 bits per heavy atom. The van der Waals surface area contributed by atoms with E-state index in [0.717, 1.165) is 45.4 Å². The summed E-state index contributed by atoms with van der Waals surface area (Å²) < 4.78 is 1.94. The molecule has 1 aliphatic heterocycles. The van der Waals surface area contributed by atoms with Crippen molar-refractivity contribution < 1.29 is 4.79 Å². The Kier molecular flexibility index (Phi) is 10.2. The first-order valence-corrected chi connectivity index (χ1v) is 9.83. The van der Waals surface area contributed by atoms with Crippen molar-refractivity contribution in [3.8, 4) is 0 Å². The molecular weight excluding hydrogens is 350 g/mol. The van der Waals surface area contributed by atoms with Crippen LogP contribution in [0.1, 0.15) is 63.5 Å². The van der Waals surface area contributed by atoms with Crippen molar-refractivity contribution in [3.05, 3.63) is 18.0 Å². The van der Waals surface area contributed by atoms with Crippen LogP contribution in [0.5, 0.6) is 0 Å². The van der Waals surface area contributed by atoms with Crippen molar-refractivity contribution >= 4 is 18.3 Å². The maximum atomic E-state index is 12.5. The molecule has 150 valence electrons. The minimum Gasteiger partial charge on any atom is -0.349 e. The van der Waals surface area contributed by atoms with Gasteiger partial charge in [0.2, 0.25) is 0 Å². The van der Waals surface area contributed by atoms with E-state index in [1.165, 1.54) is 0 Å². The van der Waals surface area contributed by atoms with Gasteiger partial charge in [0, 0.05) is 25.3 Å². The number of rotatable bonds is 9. The van der Waals surface area contributed by atoms with Crippen molar-refractivity contribution in [1.82, 2.24) is 25.3 Å². The van der Waals surface area contributed by atoms with Crippen LogP contribution in [0.3, 0.4) is 0 Å². The standard InChI is InChI=1S/C19H35N5O.ClH/c1-5-23(6-2)17(12-15(3)4)14-21-19(25)18-9-11-24(22-18)16-8-7-10-20-13-16;/h9,11,15-17,20H,5-8,10,12-14H2,1-4H3,(H,21,25);1H. The van der Waals surface area contributed by atoms with Crippen LogP contribution in [0.25, 0.3) is 0 Å². The van der Waals surface area contributed by atoms with E-state index in [2.05, 4.69) is 48.3 Å². The summed E-state index contributed by atoms with van der Waals surface area (Å²) in [6.45, 7) is 13.5. The first-order valence-electron chi connectivity index (χ1n) is 9.83. The van der Waals surface area contributed by atoms with Gasteiger partial charge in [-0.15, -0.1) is 12.4 Å². The highest BCUT2D eigenvalue weighted by Crippen LogP contribution is 2.16. The van der Waals surface area contributed by atoms with Gasteiger partial charge in [0.1, 0.15) is 5.69 Å². The molecule has 0 spiro atoms. The number of amides is 1. The molecule has 2 heterocycles. The molecule has 0 aromatic carbocycles. The van der Waals surface area contributed by atoms with E-state index in [0.29, 0.717) is 30.2 Å². The predicted octanol–water partition coefficient (Wildman–Crippen LogP) is 2.72. The van der Waals surface area contributed by atoms with E-state index >= 15 is 0 Å². The molecule has 2 atom stereocenters. The number of carbonyl (C=O) groups excluding carboxylic acids is 1. The summed E-state index contributed by atoms with van der Waals surface area (Å²) in [6, 6.07) is 2.57. The van der Waals surface area contributed by atoms with Gasteiger partial charge >= 0.3 is 0 Å². The molecule has 1 aliphatic rings. The number of nitrogens with one attached hydrogen (secondary N) is 2. The zero-order chi connectivity index (χ0) is 18.2. The highest BCUT2D eigenvalue weighted by atomic mass is 35.5. The molecule has 0 aliphatic carbocycles. The van der Waals surface area contributed by atoms with Crippen LogP contribution in [0.15, 0.2) is 12.3 Å². The summed E-state index contributed by atoms with van der Waals surface area (Å²) in [5, 5.41) is 11.0. The molecule has 7 heteroatoms. The Bertz CT molecular complexity index is 524. The van der Waals surface area contributed by atoms with Crippen LogP contribution in [-0.4, -0.2) is 59.4 Å². The number of likely N-dealkylation sites (N-methyl/N-ethyl adjacent to an activating group) is 1. The Hall–Kier alpha value is -1.11. The SMILES string of the molecule is CCN(CC)C(CNC(=O)c1ccn(C2CCCNC2)n1)CC(C)C.Cl. The summed E-state index contributed by atoms with van der Waals surface area (Å²) in [4.78, 5) is 14.9. The largest absolute Gasteiger partial charge is 0.349 e. The first-order chi connectivity index (χ1) is 12.0. The Labute approximate surface area is 164 Å². The minimum atomic E-state index is -0.0663. The van der Waals surface area contributed by atoms with Crippen LogP contribution in [0.2, 0.25) is 0 Å². The monoisotopic (exact) mass is 385 g/mol. The molecule has 26 heavy (non-hydrogen) atoms. The van der Waals surface area contributed by atoms with E-state index in [9.17, 15) is 4.79 Å². The molecule has 1 aromatic rings. The van der Waals surface area contributed by atoms with Crippen molar-refractivity contribution in [3.63, 3.8) is 0 Å². The molecule has 0 bridgehead atoms. The second-order valence-electron chi connectivity index (χ2n) is 7.40. The van der Waals surface area contributed by atoms with E-state index in [4.69, 9.17) is 0 Å². The summed E-state index contributed by atoms with van der Waals surface area (Å²) in [5.41, 5.74) is 0.522. The molecule has 1 fully saturated rings. The zero-order valence-corrected chi connectivity index (χ0v) is 17.5. The number of halogens is 1. The van der Waals surface area contributed by atoms with Crippen LogP contribution in [-0.2, 0) is 0 Å². The van der Waals surface area contributed by atoms with Gasteiger partial charge in [-0.25, -0.2) is 0 Å². The first kappa shape index (κ1) is 22.9. The van der Waals surface area contributed by atoms with Gasteiger partial charge in [0.05, 0.1) is 6.04 Å². The smallest absolute Gasteiger partial charge is 0.271 e. The fraction of sp³-hybridized carbons (Fsp3) is 0.789. The van der Waals surface area contributed by atoms with Crippen LogP contribution < -0.4 is 10.6 Å². The van der Waals surface area contributed by atoms with Crippen LogP contribution in [0, 0.1) is 5.92 Å². The summed E-state index contributed by atoms with van der Waals surface area (Å²) in [6.07, 6.45) is 5.30. The van der Waals surface area contributed by atoms with E-state index in [1.54, 1.807) is 0 Å². The van der Waals surface area contributed by atoms with E-state index in [1.807, 2.05) is 16.9 Å². The van der Waals surface area contributed by atoms with Gasteiger partial charge in [-0.05, 0) is 50.9 Å². The van der Waals surface area contributed by atoms with E-state index in [-0.39, 0.29) is 18.3 Å². The summed E-state index contributed by atoms with van der Waals surface area (Å²) in [7, 11) is 0. The zero-order valence-electron chi connectivity index (χ0n) is 16.7. The molecule has 2 N–H and O–H groups in total. The number of piperidine rings is 1. The van der Waals surface area contributed by atoms with Crippen molar-refractivity contribution in [2.45, 2.75) is 59.0 Å². The van der Waals surface area contributed by atoms with Crippen molar-refractivity contribution in [2.24, 2.45) is 5.92 Å². The molecule has 6 nitrogen and oxygen atoms in total. The van der Waals surface area contributed by atoms with Crippen molar-refractivity contribution in [1.29, 1.82) is 0 Å². The number of hydrogen-bond acceptors (Lipinski definition) is 4. The average Bonchev–Trinajstić information content (AvgIpc) is 3.11.